The average molecular weight is 585 g/mol. The van der Waals surface area contributed by atoms with E-state index in [9.17, 15) is 18.0 Å². The smallest absolute Gasteiger partial charge is 0.244 e. The van der Waals surface area contributed by atoms with Crippen LogP contribution in [0.4, 0.5) is 5.69 Å². The largest absolute Gasteiger partial charge is 0.497 e. The van der Waals surface area contributed by atoms with Crippen molar-refractivity contribution in [3.05, 3.63) is 58.1 Å². The molecule has 0 bridgehead atoms. The lowest BCUT2D eigenvalue weighted by Crippen LogP contribution is -2.53. The SMILES string of the molecule is CC[C@@H](C(=O)NC1CCCCC1)N(Cc1ccc(OC)cc1)C(=O)CN(c1ccc(Cl)c(Cl)c1)S(C)(=O)=O. The van der Waals surface area contributed by atoms with Crippen molar-refractivity contribution in [3.8, 4) is 5.75 Å². The summed E-state index contributed by atoms with van der Waals surface area (Å²) in [7, 11) is -2.30. The van der Waals surface area contributed by atoms with Crippen LogP contribution in [0, 0.1) is 0 Å². The van der Waals surface area contributed by atoms with E-state index >= 15 is 0 Å². The van der Waals surface area contributed by atoms with Crippen LogP contribution >= 0.6 is 23.2 Å². The van der Waals surface area contributed by atoms with Gasteiger partial charge in [0.1, 0.15) is 18.3 Å². The zero-order chi connectivity index (χ0) is 27.9. The summed E-state index contributed by atoms with van der Waals surface area (Å²) in [6.45, 7) is 1.46. The van der Waals surface area contributed by atoms with Gasteiger partial charge in [0.2, 0.25) is 21.8 Å². The van der Waals surface area contributed by atoms with Crippen LogP contribution in [0.1, 0.15) is 51.0 Å². The summed E-state index contributed by atoms with van der Waals surface area (Å²) in [4.78, 5) is 28.7. The molecule has 0 saturated heterocycles. The van der Waals surface area contributed by atoms with Crippen LogP contribution < -0.4 is 14.4 Å². The van der Waals surface area contributed by atoms with Gasteiger partial charge in [0.15, 0.2) is 0 Å². The maximum atomic E-state index is 13.8. The number of benzene rings is 2. The fraction of sp³-hybridized carbons (Fsp3) is 0.481. The predicted octanol–water partition coefficient (Wildman–Crippen LogP) is 5.02. The highest BCUT2D eigenvalue weighted by Gasteiger charge is 2.33. The maximum absolute atomic E-state index is 13.8. The molecule has 1 aliphatic carbocycles. The molecule has 2 aromatic rings. The minimum Gasteiger partial charge on any atom is -0.497 e. The van der Waals surface area contributed by atoms with Crippen molar-refractivity contribution in [1.82, 2.24) is 10.2 Å². The molecule has 0 unspecified atom stereocenters. The third kappa shape index (κ3) is 8.01. The number of rotatable bonds is 11. The van der Waals surface area contributed by atoms with Gasteiger partial charge in [0.25, 0.3) is 0 Å². The fourth-order valence-electron chi connectivity index (χ4n) is 4.65. The number of hydrogen-bond acceptors (Lipinski definition) is 5. The van der Waals surface area contributed by atoms with Gasteiger partial charge in [-0.25, -0.2) is 8.42 Å². The van der Waals surface area contributed by atoms with E-state index in [4.69, 9.17) is 27.9 Å². The monoisotopic (exact) mass is 583 g/mol. The van der Waals surface area contributed by atoms with E-state index in [0.29, 0.717) is 12.2 Å². The Morgan fingerprint density at radius 2 is 1.71 bits per heavy atom. The number of nitrogens with zero attached hydrogens (tertiary/aromatic N) is 2. The van der Waals surface area contributed by atoms with Gasteiger partial charge in [-0.3, -0.25) is 13.9 Å². The summed E-state index contributed by atoms with van der Waals surface area (Å²) >= 11 is 12.1. The van der Waals surface area contributed by atoms with E-state index in [1.54, 1.807) is 19.2 Å². The topological polar surface area (TPSA) is 96.0 Å². The molecule has 2 aromatic carbocycles. The van der Waals surface area contributed by atoms with E-state index in [0.717, 1.165) is 48.2 Å². The Balaban J connectivity index is 1.92. The number of carbonyl (C=O) groups excluding carboxylic acids is 2. The first-order valence-corrected chi connectivity index (χ1v) is 15.3. The Morgan fingerprint density at radius 3 is 2.26 bits per heavy atom. The van der Waals surface area contributed by atoms with Gasteiger partial charge in [-0.2, -0.15) is 0 Å². The molecular formula is C27H35Cl2N3O5S. The summed E-state index contributed by atoms with van der Waals surface area (Å²) in [5.74, 6) is -0.0822. The maximum Gasteiger partial charge on any atom is 0.244 e. The molecule has 1 aliphatic rings. The number of amides is 2. The lowest BCUT2D eigenvalue weighted by molar-refractivity contribution is -0.140. The third-order valence-corrected chi connectivity index (χ3v) is 8.60. The molecule has 38 heavy (non-hydrogen) atoms. The predicted molar refractivity (Wildman–Crippen MR) is 151 cm³/mol. The summed E-state index contributed by atoms with van der Waals surface area (Å²) in [6.07, 6.45) is 6.48. The van der Waals surface area contributed by atoms with Gasteiger partial charge in [0, 0.05) is 12.6 Å². The fourth-order valence-corrected chi connectivity index (χ4v) is 5.78. The van der Waals surface area contributed by atoms with E-state index < -0.39 is 28.5 Å². The summed E-state index contributed by atoms with van der Waals surface area (Å²) < 4.78 is 31.7. The van der Waals surface area contributed by atoms with Crippen LogP contribution in [0.5, 0.6) is 5.75 Å². The molecule has 1 fully saturated rings. The van der Waals surface area contributed by atoms with Gasteiger partial charge in [-0.15, -0.1) is 0 Å². The molecular weight excluding hydrogens is 549 g/mol. The molecule has 0 aromatic heterocycles. The van der Waals surface area contributed by atoms with Crippen molar-refractivity contribution in [2.45, 2.75) is 64.1 Å². The summed E-state index contributed by atoms with van der Waals surface area (Å²) in [5.41, 5.74) is 0.989. The van der Waals surface area contributed by atoms with Crippen molar-refractivity contribution in [2.75, 3.05) is 24.2 Å². The number of hydrogen-bond donors (Lipinski definition) is 1. The third-order valence-electron chi connectivity index (χ3n) is 6.72. The Kier molecular flexibility index (Phi) is 10.7. The molecule has 11 heteroatoms. The minimum atomic E-state index is -3.87. The highest BCUT2D eigenvalue weighted by atomic mass is 35.5. The molecule has 2 amide bonds. The number of nitrogens with one attached hydrogen (secondary N) is 1. The number of methoxy groups -OCH3 is 1. The van der Waals surface area contributed by atoms with E-state index in [1.165, 1.54) is 23.1 Å². The van der Waals surface area contributed by atoms with Gasteiger partial charge in [-0.05, 0) is 55.2 Å². The molecule has 1 saturated carbocycles. The standard InChI is InChI=1S/C27H35Cl2N3O5S/c1-4-25(27(34)30-20-8-6-5-7-9-20)31(17-19-10-13-22(37-2)14-11-19)26(33)18-32(38(3,35)36)21-12-15-23(28)24(29)16-21/h10-16,20,25H,4-9,17-18H2,1-3H3,(H,30,34)/t25-/m0/s1. The Labute approximate surface area is 235 Å². The van der Waals surface area contributed by atoms with Crippen LogP contribution in [0.3, 0.4) is 0 Å². The van der Waals surface area contributed by atoms with Gasteiger partial charge in [-0.1, -0.05) is 61.5 Å². The molecule has 0 radical (unpaired) electrons. The molecule has 1 atom stereocenters. The summed E-state index contributed by atoms with van der Waals surface area (Å²) in [6, 6.07) is 10.9. The van der Waals surface area contributed by atoms with Crippen LogP contribution in [-0.2, 0) is 26.2 Å². The zero-order valence-electron chi connectivity index (χ0n) is 22.0. The number of carbonyl (C=O) groups is 2. The second-order valence-corrected chi connectivity index (χ2v) is 12.2. The highest BCUT2D eigenvalue weighted by Crippen LogP contribution is 2.29. The Hall–Kier alpha value is -2.49. The van der Waals surface area contributed by atoms with E-state index in [2.05, 4.69) is 5.32 Å². The second-order valence-electron chi connectivity index (χ2n) is 9.51. The average Bonchev–Trinajstić information content (AvgIpc) is 2.89. The molecule has 8 nitrogen and oxygen atoms in total. The number of halogens is 2. The molecule has 0 aliphatic heterocycles. The van der Waals surface area contributed by atoms with E-state index in [-0.39, 0.29) is 34.2 Å². The zero-order valence-corrected chi connectivity index (χ0v) is 24.3. The van der Waals surface area contributed by atoms with E-state index in [1.807, 2.05) is 19.1 Å². The Morgan fingerprint density at radius 1 is 1.05 bits per heavy atom. The number of ether oxygens (including phenoxy) is 1. The van der Waals surface area contributed by atoms with Crippen LogP contribution in [0.2, 0.25) is 10.0 Å². The lowest BCUT2D eigenvalue weighted by Gasteiger charge is -2.34. The van der Waals surface area contributed by atoms with Crippen molar-refractivity contribution in [3.63, 3.8) is 0 Å². The molecule has 1 N–H and O–H groups in total. The Bertz CT molecular complexity index is 1220. The number of sulfonamides is 1. The lowest BCUT2D eigenvalue weighted by atomic mass is 9.95. The van der Waals surface area contributed by atoms with Gasteiger partial charge in [0.05, 0.1) is 29.1 Å². The number of anilines is 1. The first-order valence-electron chi connectivity index (χ1n) is 12.7. The first-order chi connectivity index (χ1) is 18.0. The minimum absolute atomic E-state index is 0.0759. The van der Waals surface area contributed by atoms with Crippen LogP contribution in [0.25, 0.3) is 0 Å². The van der Waals surface area contributed by atoms with Crippen molar-refractivity contribution in [1.29, 1.82) is 0 Å². The molecule has 0 spiro atoms. The van der Waals surface area contributed by atoms with Crippen molar-refractivity contribution >= 4 is 50.7 Å². The molecule has 0 heterocycles. The second kappa shape index (κ2) is 13.5. The quantitative estimate of drug-likeness (QED) is 0.400. The van der Waals surface area contributed by atoms with Gasteiger partial charge < -0.3 is 15.0 Å². The highest BCUT2D eigenvalue weighted by molar-refractivity contribution is 7.92. The summed E-state index contributed by atoms with van der Waals surface area (Å²) in [5, 5.41) is 3.55. The van der Waals surface area contributed by atoms with Gasteiger partial charge >= 0.3 is 0 Å². The van der Waals surface area contributed by atoms with Crippen LogP contribution in [-0.4, -0.2) is 57.1 Å². The van der Waals surface area contributed by atoms with Crippen molar-refractivity contribution in [2.24, 2.45) is 0 Å². The first kappa shape index (κ1) is 30.1. The molecule has 208 valence electrons. The van der Waals surface area contributed by atoms with Crippen molar-refractivity contribution < 1.29 is 22.7 Å². The van der Waals surface area contributed by atoms with Crippen LogP contribution in [0.15, 0.2) is 42.5 Å². The normalized spacial score (nSPS) is 15.0. The molecule has 3 rings (SSSR count).